The van der Waals surface area contributed by atoms with Crippen LogP contribution in [0.15, 0.2) is 47.0 Å². The van der Waals surface area contributed by atoms with Gasteiger partial charge in [0.25, 0.3) is 5.91 Å². The van der Waals surface area contributed by atoms with Gasteiger partial charge in [-0.3, -0.25) is 9.69 Å². The summed E-state index contributed by atoms with van der Waals surface area (Å²) < 4.78 is 11.3. The Kier molecular flexibility index (Phi) is 6.61. The van der Waals surface area contributed by atoms with E-state index in [2.05, 4.69) is 55.1 Å². The Labute approximate surface area is 189 Å². The van der Waals surface area contributed by atoms with E-state index in [1.807, 2.05) is 30.0 Å². The van der Waals surface area contributed by atoms with Crippen molar-refractivity contribution in [3.63, 3.8) is 0 Å². The van der Waals surface area contributed by atoms with E-state index in [1.54, 1.807) is 0 Å². The number of carbonyl (C=O) groups excluding carboxylic acids is 1. The van der Waals surface area contributed by atoms with Crippen LogP contribution < -0.4 is 4.74 Å². The highest BCUT2D eigenvalue weighted by Gasteiger charge is 2.28. The largest absolute Gasteiger partial charge is 0.489 e. The minimum Gasteiger partial charge on any atom is -0.489 e. The molecule has 0 saturated carbocycles. The second-order valence-corrected chi connectivity index (χ2v) is 8.65. The molecule has 6 heteroatoms. The van der Waals surface area contributed by atoms with Crippen molar-refractivity contribution < 1.29 is 14.1 Å². The van der Waals surface area contributed by atoms with E-state index >= 15 is 0 Å². The summed E-state index contributed by atoms with van der Waals surface area (Å²) in [5.41, 5.74) is 6.03. The summed E-state index contributed by atoms with van der Waals surface area (Å²) in [6.45, 7) is 12.2. The van der Waals surface area contributed by atoms with Crippen molar-refractivity contribution in [2.75, 3.05) is 26.2 Å². The quantitative estimate of drug-likeness (QED) is 0.575. The maximum absolute atomic E-state index is 13.2. The van der Waals surface area contributed by atoms with Crippen LogP contribution in [0.5, 0.6) is 5.75 Å². The lowest BCUT2D eigenvalue weighted by atomic mass is 10.1. The fourth-order valence-electron chi connectivity index (χ4n) is 3.90. The monoisotopic (exact) mass is 433 g/mol. The second kappa shape index (κ2) is 9.57. The van der Waals surface area contributed by atoms with Crippen molar-refractivity contribution >= 4 is 5.91 Å². The lowest BCUT2D eigenvalue weighted by molar-refractivity contribution is 0.0616. The minimum absolute atomic E-state index is 0.0875. The van der Waals surface area contributed by atoms with Crippen LogP contribution in [0.1, 0.15) is 44.1 Å². The van der Waals surface area contributed by atoms with E-state index in [-0.39, 0.29) is 12.5 Å². The fraction of sp³-hybridized carbons (Fsp3) is 0.385. The molecular formula is C26H31N3O3. The summed E-state index contributed by atoms with van der Waals surface area (Å²) in [4.78, 5) is 17.4. The average molecular weight is 434 g/mol. The van der Waals surface area contributed by atoms with Gasteiger partial charge in [-0.15, -0.1) is 0 Å². The molecule has 168 valence electrons. The number of hydrogen-bond acceptors (Lipinski definition) is 5. The summed E-state index contributed by atoms with van der Waals surface area (Å²) in [6, 6.07) is 14.6. The van der Waals surface area contributed by atoms with Crippen molar-refractivity contribution in [3.8, 4) is 5.75 Å². The molecular weight excluding hydrogens is 402 g/mol. The average Bonchev–Trinajstić information content (AvgIpc) is 3.16. The normalized spacial score (nSPS) is 14.6. The van der Waals surface area contributed by atoms with Gasteiger partial charge in [0.1, 0.15) is 18.1 Å². The van der Waals surface area contributed by atoms with Crippen LogP contribution in [-0.2, 0) is 13.2 Å². The highest BCUT2D eigenvalue weighted by molar-refractivity contribution is 5.93. The highest BCUT2D eigenvalue weighted by atomic mass is 16.5. The Bertz CT molecular complexity index is 1080. The van der Waals surface area contributed by atoms with Crippen LogP contribution in [0.3, 0.4) is 0 Å². The third-order valence-electron chi connectivity index (χ3n) is 6.24. The Balaban J connectivity index is 1.36. The molecule has 1 saturated heterocycles. The van der Waals surface area contributed by atoms with Gasteiger partial charge < -0.3 is 14.2 Å². The minimum atomic E-state index is -0.0875. The molecule has 2 heterocycles. The first-order valence-corrected chi connectivity index (χ1v) is 11.1. The molecule has 1 aromatic heterocycles. The van der Waals surface area contributed by atoms with Crippen LogP contribution in [0, 0.1) is 27.7 Å². The maximum atomic E-state index is 13.2. The maximum Gasteiger partial charge on any atom is 0.276 e. The predicted molar refractivity (Wildman–Crippen MR) is 124 cm³/mol. The van der Waals surface area contributed by atoms with Gasteiger partial charge in [-0.2, -0.15) is 0 Å². The Morgan fingerprint density at radius 3 is 2.38 bits per heavy atom. The number of benzene rings is 2. The molecule has 1 amide bonds. The van der Waals surface area contributed by atoms with Gasteiger partial charge in [-0.1, -0.05) is 41.1 Å². The third-order valence-corrected chi connectivity index (χ3v) is 6.24. The van der Waals surface area contributed by atoms with Gasteiger partial charge in [-0.05, 0) is 56.5 Å². The fourth-order valence-corrected chi connectivity index (χ4v) is 3.90. The van der Waals surface area contributed by atoms with Crippen LogP contribution in [0.2, 0.25) is 0 Å². The smallest absolute Gasteiger partial charge is 0.276 e. The van der Waals surface area contributed by atoms with E-state index in [0.717, 1.165) is 30.9 Å². The molecule has 0 spiro atoms. The standard InChI is InChI=1S/C26H31N3O3/c1-18-5-8-22(9-6-18)16-28-11-13-29(14-12-28)26(30)25-24(21(4)32-27-25)17-31-23-10-7-19(2)20(3)15-23/h5-10,15H,11-14,16-17H2,1-4H3. The molecule has 0 bridgehead atoms. The summed E-state index contributed by atoms with van der Waals surface area (Å²) in [5.74, 6) is 1.31. The van der Waals surface area contributed by atoms with Crippen molar-refractivity contribution in [1.82, 2.24) is 15.0 Å². The number of rotatable bonds is 6. The van der Waals surface area contributed by atoms with Gasteiger partial charge >= 0.3 is 0 Å². The zero-order valence-electron chi connectivity index (χ0n) is 19.4. The van der Waals surface area contributed by atoms with Crippen molar-refractivity contribution in [1.29, 1.82) is 0 Å². The van der Waals surface area contributed by atoms with Gasteiger partial charge in [0, 0.05) is 32.7 Å². The number of amides is 1. The molecule has 0 unspecified atom stereocenters. The third kappa shape index (κ3) is 5.02. The van der Waals surface area contributed by atoms with Crippen molar-refractivity contribution in [3.05, 3.63) is 81.7 Å². The number of piperazine rings is 1. The van der Waals surface area contributed by atoms with E-state index < -0.39 is 0 Å². The molecule has 4 rings (SSSR count). The predicted octanol–water partition coefficient (Wildman–Crippen LogP) is 4.45. The lowest BCUT2D eigenvalue weighted by Crippen LogP contribution is -2.48. The molecule has 0 radical (unpaired) electrons. The van der Waals surface area contributed by atoms with E-state index in [4.69, 9.17) is 9.26 Å². The van der Waals surface area contributed by atoms with Gasteiger partial charge in [0.05, 0.1) is 5.56 Å². The number of carbonyl (C=O) groups is 1. The number of aromatic nitrogens is 1. The SMILES string of the molecule is Cc1ccc(CN2CCN(C(=O)c3noc(C)c3COc3ccc(C)c(C)c3)CC2)cc1. The number of ether oxygens (including phenoxy) is 1. The van der Waals surface area contributed by atoms with Crippen LogP contribution in [-0.4, -0.2) is 47.0 Å². The second-order valence-electron chi connectivity index (χ2n) is 8.65. The van der Waals surface area contributed by atoms with Crippen LogP contribution in [0.4, 0.5) is 0 Å². The van der Waals surface area contributed by atoms with E-state index in [1.165, 1.54) is 22.3 Å². The van der Waals surface area contributed by atoms with Crippen LogP contribution >= 0.6 is 0 Å². The van der Waals surface area contributed by atoms with Gasteiger partial charge in [-0.25, -0.2) is 0 Å². The number of aryl methyl sites for hydroxylation is 4. The summed E-state index contributed by atoms with van der Waals surface area (Å²) in [7, 11) is 0. The molecule has 2 aromatic carbocycles. The van der Waals surface area contributed by atoms with E-state index in [9.17, 15) is 4.79 Å². The molecule has 1 aliphatic heterocycles. The Morgan fingerprint density at radius 1 is 0.969 bits per heavy atom. The molecule has 1 aliphatic rings. The van der Waals surface area contributed by atoms with Gasteiger partial charge in [0.2, 0.25) is 0 Å². The van der Waals surface area contributed by atoms with Gasteiger partial charge in [0.15, 0.2) is 5.69 Å². The van der Waals surface area contributed by atoms with Crippen LogP contribution in [0.25, 0.3) is 0 Å². The summed E-state index contributed by atoms with van der Waals surface area (Å²) in [6.07, 6.45) is 0. The Morgan fingerprint density at radius 2 is 1.69 bits per heavy atom. The van der Waals surface area contributed by atoms with E-state index in [0.29, 0.717) is 24.5 Å². The highest BCUT2D eigenvalue weighted by Crippen LogP contribution is 2.22. The molecule has 0 atom stereocenters. The Hall–Kier alpha value is -3.12. The zero-order chi connectivity index (χ0) is 22.7. The molecule has 0 N–H and O–H groups in total. The summed E-state index contributed by atoms with van der Waals surface area (Å²) >= 11 is 0. The zero-order valence-corrected chi connectivity index (χ0v) is 19.4. The molecule has 3 aromatic rings. The van der Waals surface area contributed by atoms with Crippen molar-refractivity contribution in [2.24, 2.45) is 0 Å². The molecule has 6 nitrogen and oxygen atoms in total. The number of hydrogen-bond donors (Lipinski definition) is 0. The lowest BCUT2D eigenvalue weighted by Gasteiger charge is -2.34. The molecule has 32 heavy (non-hydrogen) atoms. The first-order chi connectivity index (χ1) is 15.4. The first-order valence-electron chi connectivity index (χ1n) is 11.1. The number of nitrogens with zero attached hydrogens (tertiary/aromatic N) is 3. The topological polar surface area (TPSA) is 58.8 Å². The van der Waals surface area contributed by atoms with Crippen molar-refractivity contribution in [2.45, 2.75) is 40.8 Å². The molecule has 0 aliphatic carbocycles. The molecule has 1 fully saturated rings. The summed E-state index contributed by atoms with van der Waals surface area (Å²) in [5, 5.41) is 4.07. The first kappa shape index (κ1) is 22.1.